The molecule has 0 amide bonds. The second-order valence-electron chi connectivity index (χ2n) is 4.52. The monoisotopic (exact) mass is 287 g/mol. The lowest BCUT2D eigenvalue weighted by Crippen LogP contribution is -2.40. The number of rotatable bonds is 6. The molecule has 4 nitrogen and oxygen atoms in total. The minimum absolute atomic E-state index is 0.374. The Labute approximate surface area is 117 Å². The van der Waals surface area contributed by atoms with Gasteiger partial charge in [0.1, 0.15) is 17.6 Å². The fraction of sp³-hybridized carbons (Fsp3) is 0.667. The maximum absolute atomic E-state index is 5.97. The fourth-order valence-corrected chi connectivity index (χ4v) is 3.14. The van der Waals surface area contributed by atoms with Crippen molar-refractivity contribution in [3.63, 3.8) is 0 Å². The number of hydrogen-bond acceptors (Lipinski definition) is 5. The van der Waals surface area contributed by atoms with Crippen molar-refractivity contribution in [3.05, 3.63) is 17.0 Å². The van der Waals surface area contributed by atoms with Crippen LogP contribution in [0.4, 0.5) is 5.82 Å². The molecule has 1 fully saturated rings. The molecule has 1 aliphatic carbocycles. The predicted molar refractivity (Wildman–Crippen MR) is 76.3 cm³/mol. The largest absolute Gasteiger partial charge is 0.377 e. The van der Waals surface area contributed by atoms with E-state index in [1.54, 1.807) is 13.2 Å². The van der Waals surface area contributed by atoms with Crippen molar-refractivity contribution in [2.75, 3.05) is 25.2 Å². The molecule has 0 atom stereocenters. The summed E-state index contributed by atoms with van der Waals surface area (Å²) in [6.07, 6.45) is 6.03. The third-order valence-corrected chi connectivity index (χ3v) is 4.92. The Morgan fingerprint density at radius 3 is 2.83 bits per heavy atom. The molecule has 0 aromatic carbocycles. The highest BCUT2D eigenvalue weighted by Crippen LogP contribution is 2.42. The number of ether oxygens (including phenoxy) is 1. The van der Waals surface area contributed by atoms with Gasteiger partial charge in [0.15, 0.2) is 5.82 Å². The quantitative estimate of drug-likeness (QED) is 0.815. The minimum Gasteiger partial charge on any atom is -0.377 e. The number of nitrogens with zero attached hydrogens (tertiary/aromatic N) is 2. The molecule has 100 valence electrons. The first-order valence-electron chi connectivity index (χ1n) is 5.99. The summed E-state index contributed by atoms with van der Waals surface area (Å²) in [6, 6.07) is 1.76. The van der Waals surface area contributed by atoms with Gasteiger partial charge in [0.05, 0.1) is 0 Å². The van der Waals surface area contributed by atoms with Crippen LogP contribution in [-0.2, 0) is 11.3 Å². The number of hydrogen-bond donors (Lipinski definition) is 1. The summed E-state index contributed by atoms with van der Waals surface area (Å²) in [5.74, 6) is 1.39. The van der Waals surface area contributed by atoms with E-state index in [-0.39, 0.29) is 0 Å². The molecule has 1 saturated carbocycles. The van der Waals surface area contributed by atoms with Crippen molar-refractivity contribution in [2.45, 2.75) is 30.6 Å². The molecule has 6 heteroatoms. The second kappa shape index (κ2) is 6.08. The summed E-state index contributed by atoms with van der Waals surface area (Å²) < 4.78 is 5.40. The molecule has 1 heterocycles. The van der Waals surface area contributed by atoms with Gasteiger partial charge in [-0.15, -0.1) is 0 Å². The van der Waals surface area contributed by atoms with Gasteiger partial charge in [0, 0.05) is 24.5 Å². The van der Waals surface area contributed by atoms with E-state index in [2.05, 4.69) is 21.5 Å². The standard InChI is InChI=1S/C12H18ClN3OS/c1-17-7-11-15-9(13)6-10(16-11)14-8-12(18-2)4-3-5-12/h6H,3-5,7-8H2,1-2H3,(H,14,15,16). The first-order chi connectivity index (χ1) is 8.67. The molecule has 0 radical (unpaired) electrons. The second-order valence-corrected chi connectivity index (χ2v) is 6.18. The Morgan fingerprint density at radius 1 is 1.50 bits per heavy atom. The third kappa shape index (κ3) is 3.28. The Kier molecular flexibility index (Phi) is 4.70. The van der Waals surface area contributed by atoms with Crippen LogP contribution >= 0.6 is 23.4 Å². The van der Waals surface area contributed by atoms with Gasteiger partial charge in [-0.1, -0.05) is 18.0 Å². The van der Waals surface area contributed by atoms with Crippen LogP contribution in [0, 0.1) is 0 Å². The van der Waals surface area contributed by atoms with E-state index < -0.39 is 0 Å². The molecule has 1 N–H and O–H groups in total. The van der Waals surface area contributed by atoms with Crippen LogP contribution in [0.5, 0.6) is 0 Å². The highest BCUT2D eigenvalue weighted by molar-refractivity contribution is 8.00. The average molecular weight is 288 g/mol. The maximum Gasteiger partial charge on any atom is 0.158 e. The SMILES string of the molecule is COCc1nc(Cl)cc(NCC2(SC)CCC2)n1. The molecular formula is C12H18ClN3OS. The van der Waals surface area contributed by atoms with E-state index in [9.17, 15) is 0 Å². The Morgan fingerprint density at radius 2 is 2.28 bits per heavy atom. The van der Waals surface area contributed by atoms with E-state index in [1.165, 1.54) is 19.3 Å². The molecule has 0 unspecified atom stereocenters. The van der Waals surface area contributed by atoms with E-state index in [1.807, 2.05) is 11.8 Å². The van der Waals surface area contributed by atoms with E-state index in [0.29, 0.717) is 22.3 Å². The molecule has 0 spiro atoms. The average Bonchev–Trinajstić information content (AvgIpc) is 2.28. The number of nitrogens with one attached hydrogen (secondary N) is 1. The van der Waals surface area contributed by atoms with Gasteiger partial charge in [-0.3, -0.25) is 0 Å². The predicted octanol–water partition coefficient (Wildman–Crippen LogP) is 2.97. The van der Waals surface area contributed by atoms with Crippen LogP contribution in [0.2, 0.25) is 5.15 Å². The molecular weight excluding hydrogens is 270 g/mol. The highest BCUT2D eigenvalue weighted by Gasteiger charge is 2.35. The van der Waals surface area contributed by atoms with Gasteiger partial charge in [-0.25, -0.2) is 9.97 Å². The highest BCUT2D eigenvalue weighted by atomic mass is 35.5. The molecule has 1 aromatic rings. The van der Waals surface area contributed by atoms with Crippen molar-refractivity contribution >= 4 is 29.2 Å². The Balaban J connectivity index is 2.00. The molecule has 0 bridgehead atoms. The first-order valence-corrected chi connectivity index (χ1v) is 7.59. The lowest BCUT2D eigenvalue weighted by molar-refractivity contribution is 0.178. The van der Waals surface area contributed by atoms with Crippen molar-refractivity contribution < 1.29 is 4.74 Å². The zero-order chi connectivity index (χ0) is 13.0. The number of anilines is 1. The fourth-order valence-electron chi connectivity index (χ4n) is 2.02. The number of halogens is 1. The van der Waals surface area contributed by atoms with Crippen molar-refractivity contribution in [1.82, 2.24) is 9.97 Å². The van der Waals surface area contributed by atoms with Gasteiger partial charge in [0.2, 0.25) is 0 Å². The maximum atomic E-state index is 5.97. The zero-order valence-corrected chi connectivity index (χ0v) is 12.3. The first kappa shape index (κ1) is 13.9. The van der Waals surface area contributed by atoms with Crippen molar-refractivity contribution in [2.24, 2.45) is 0 Å². The number of methoxy groups -OCH3 is 1. The van der Waals surface area contributed by atoms with Crippen LogP contribution in [0.3, 0.4) is 0 Å². The van der Waals surface area contributed by atoms with E-state index >= 15 is 0 Å². The summed E-state index contributed by atoms with van der Waals surface area (Å²) >= 11 is 7.90. The molecule has 2 rings (SSSR count). The topological polar surface area (TPSA) is 47.0 Å². The molecule has 1 aliphatic rings. The minimum atomic E-state index is 0.374. The van der Waals surface area contributed by atoms with E-state index in [4.69, 9.17) is 16.3 Å². The van der Waals surface area contributed by atoms with Crippen LogP contribution in [0.1, 0.15) is 25.1 Å². The Bertz CT molecular complexity index is 407. The Hall–Kier alpha value is -0.520. The lowest BCUT2D eigenvalue weighted by Gasteiger charge is -2.40. The summed E-state index contributed by atoms with van der Waals surface area (Å²) in [7, 11) is 1.62. The van der Waals surface area contributed by atoms with Gasteiger partial charge in [-0.05, 0) is 19.1 Å². The van der Waals surface area contributed by atoms with Crippen LogP contribution < -0.4 is 5.32 Å². The van der Waals surface area contributed by atoms with Crippen molar-refractivity contribution in [3.8, 4) is 0 Å². The third-order valence-electron chi connectivity index (χ3n) is 3.30. The summed E-state index contributed by atoms with van der Waals surface area (Å²) in [4.78, 5) is 8.48. The number of aromatic nitrogens is 2. The van der Waals surface area contributed by atoms with Gasteiger partial charge >= 0.3 is 0 Å². The molecule has 18 heavy (non-hydrogen) atoms. The van der Waals surface area contributed by atoms with Crippen LogP contribution in [-0.4, -0.2) is 34.6 Å². The van der Waals surface area contributed by atoms with Crippen molar-refractivity contribution in [1.29, 1.82) is 0 Å². The number of thioether (sulfide) groups is 1. The zero-order valence-electron chi connectivity index (χ0n) is 10.7. The van der Waals surface area contributed by atoms with Gasteiger partial charge < -0.3 is 10.1 Å². The van der Waals surface area contributed by atoms with Crippen LogP contribution in [0.15, 0.2) is 6.07 Å². The van der Waals surface area contributed by atoms with Gasteiger partial charge in [0.25, 0.3) is 0 Å². The smallest absolute Gasteiger partial charge is 0.158 e. The summed E-state index contributed by atoms with van der Waals surface area (Å²) in [5, 5.41) is 3.82. The van der Waals surface area contributed by atoms with E-state index in [0.717, 1.165) is 12.4 Å². The molecule has 0 aliphatic heterocycles. The molecule has 0 saturated heterocycles. The lowest BCUT2D eigenvalue weighted by atomic mass is 9.84. The summed E-state index contributed by atoms with van der Waals surface area (Å²) in [6.45, 7) is 1.30. The normalized spacial score (nSPS) is 17.3. The summed E-state index contributed by atoms with van der Waals surface area (Å²) in [5.41, 5.74) is 0. The van der Waals surface area contributed by atoms with Crippen LogP contribution in [0.25, 0.3) is 0 Å². The van der Waals surface area contributed by atoms with Gasteiger partial charge in [-0.2, -0.15) is 11.8 Å². The molecule has 1 aromatic heterocycles.